The van der Waals surface area contributed by atoms with Crippen molar-refractivity contribution in [3.8, 4) is 0 Å². The molecule has 0 saturated heterocycles. The van der Waals surface area contributed by atoms with Gasteiger partial charge < -0.3 is 5.11 Å². The normalized spacial score (nSPS) is 10.7. The summed E-state index contributed by atoms with van der Waals surface area (Å²) in [5.74, 6) is 0. The highest BCUT2D eigenvalue weighted by Crippen LogP contribution is 2.30. The fourth-order valence-electron chi connectivity index (χ4n) is 1.57. The van der Waals surface area contributed by atoms with Gasteiger partial charge in [0.2, 0.25) is 0 Å². The highest BCUT2D eigenvalue weighted by atomic mass is 79.9. The number of hydrogen-bond acceptors (Lipinski definition) is 2. The Hall–Kier alpha value is -0.900. The standard InChI is InChI=1S/C12H9BrClNO/c1-7(6-16)8-2-3-11(13)10-5-15-12(14)4-9(8)10/h2-5,16H,1,6H2. The maximum Gasteiger partial charge on any atom is 0.129 e. The third-order valence-electron chi connectivity index (χ3n) is 2.39. The molecule has 0 aliphatic heterocycles. The zero-order chi connectivity index (χ0) is 11.7. The van der Waals surface area contributed by atoms with Crippen molar-refractivity contribution < 1.29 is 5.11 Å². The van der Waals surface area contributed by atoms with Gasteiger partial charge in [0.1, 0.15) is 5.15 Å². The van der Waals surface area contributed by atoms with E-state index in [2.05, 4.69) is 27.5 Å². The van der Waals surface area contributed by atoms with Gasteiger partial charge in [0.15, 0.2) is 0 Å². The van der Waals surface area contributed by atoms with Crippen molar-refractivity contribution in [1.82, 2.24) is 4.98 Å². The molecule has 0 unspecified atom stereocenters. The molecular formula is C12H9BrClNO. The molecule has 2 aromatic rings. The number of pyridine rings is 1. The second-order valence-electron chi connectivity index (χ2n) is 3.41. The van der Waals surface area contributed by atoms with Crippen LogP contribution < -0.4 is 0 Å². The molecule has 0 fully saturated rings. The summed E-state index contributed by atoms with van der Waals surface area (Å²) in [5.41, 5.74) is 1.56. The largest absolute Gasteiger partial charge is 0.392 e. The van der Waals surface area contributed by atoms with Gasteiger partial charge in [-0.15, -0.1) is 0 Å². The van der Waals surface area contributed by atoms with Crippen molar-refractivity contribution in [2.24, 2.45) is 0 Å². The van der Waals surface area contributed by atoms with Gasteiger partial charge in [-0.3, -0.25) is 0 Å². The molecule has 82 valence electrons. The summed E-state index contributed by atoms with van der Waals surface area (Å²) in [6.45, 7) is 3.75. The summed E-state index contributed by atoms with van der Waals surface area (Å²) in [6, 6.07) is 5.59. The average molecular weight is 299 g/mol. The zero-order valence-electron chi connectivity index (χ0n) is 8.37. The number of aromatic nitrogens is 1. The van der Waals surface area contributed by atoms with E-state index in [0.29, 0.717) is 10.7 Å². The predicted octanol–water partition coefficient (Wildman–Crippen LogP) is 3.66. The molecule has 1 aromatic heterocycles. The Balaban J connectivity index is 2.80. The lowest BCUT2D eigenvalue weighted by Crippen LogP contribution is -1.91. The molecular weight excluding hydrogens is 289 g/mol. The molecule has 1 N–H and O–H groups in total. The van der Waals surface area contributed by atoms with Crippen LogP contribution in [0.2, 0.25) is 5.15 Å². The fourth-order valence-corrected chi connectivity index (χ4v) is 2.18. The lowest BCUT2D eigenvalue weighted by atomic mass is 10.0. The number of rotatable bonds is 2. The van der Waals surface area contributed by atoms with Crippen LogP contribution in [0.1, 0.15) is 5.56 Å². The van der Waals surface area contributed by atoms with Crippen LogP contribution in [-0.4, -0.2) is 16.7 Å². The molecule has 0 amide bonds. The van der Waals surface area contributed by atoms with Crippen molar-refractivity contribution in [2.75, 3.05) is 6.61 Å². The van der Waals surface area contributed by atoms with E-state index in [4.69, 9.17) is 16.7 Å². The molecule has 0 radical (unpaired) electrons. The van der Waals surface area contributed by atoms with Gasteiger partial charge in [0.05, 0.1) is 6.61 Å². The maximum atomic E-state index is 9.13. The Kier molecular flexibility index (Phi) is 3.28. The first-order chi connectivity index (χ1) is 7.63. The van der Waals surface area contributed by atoms with E-state index in [1.165, 1.54) is 0 Å². The van der Waals surface area contributed by atoms with Crippen LogP contribution in [0.5, 0.6) is 0 Å². The topological polar surface area (TPSA) is 33.1 Å². The Morgan fingerprint density at radius 1 is 1.44 bits per heavy atom. The van der Waals surface area contributed by atoms with Crippen molar-refractivity contribution in [2.45, 2.75) is 0 Å². The molecule has 4 heteroatoms. The predicted molar refractivity (Wildman–Crippen MR) is 70.6 cm³/mol. The first kappa shape index (κ1) is 11.6. The summed E-state index contributed by atoms with van der Waals surface area (Å²) in [5, 5.41) is 11.4. The third kappa shape index (κ3) is 1.98. The van der Waals surface area contributed by atoms with Crippen LogP contribution in [0, 0.1) is 0 Å². The van der Waals surface area contributed by atoms with E-state index >= 15 is 0 Å². The van der Waals surface area contributed by atoms with Gasteiger partial charge in [-0.2, -0.15) is 0 Å². The Bertz CT molecular complexity index is 568. The molecule has 1 heterocycles. The van der Waals surface area contributed by atoms with E-state index in [1.54, 1.807) is 12.3 Å². The van der Waals surface area contributed by atoms with Crippen LogP contribution in [0.15, 0.2) is 35.4 Å². The monoisotopic (exact) mass is 297 g/mol. The van der Waals surface area contributed by atoms with Crippen LogP contribution in [0.25, 0.3) is 16.3 Å². The molecule has 1 aromatic carbocycles. The first-order valence-electron chi connectivity index (χ1n) is 4.66. The maximum absolute atomic E-state index is 9.13. The molecule has 16 heavy (non-hydrogen) atoms. The number of halogens is 2. The van der Waals surface area contributed by atoms with Crippen LogP contribution in [0.3, 0.4) is 0 Å². The van der Waals surface area contributed by atoms with E-state index in [-0.39, 0.29) is 6.61 Å². The summed E-state index contributed by atoms with van der Waals surface area (Å²) < 4.78 is 0.946. The second-order valence-corrected chi connectivity index (χ2v) is 4.65. The minimum atomic E-state index is -0.0727. The number of aliphatic hydroxyl groups is 1. The molecule has 0 saturated carbocycles. The van der Waals surface area contributed by atoms with Gasteiger partial charge in [-0.25, -0.2) is 4.98 Å². The number of aliphatic hydroxyl groups excluding tert-OH is 1. The Labute approximate surface area is 107 Å². The van der Waals surface area contributed by atoms with E-state index < -0.39 is 0 Å². The third-order valence-corrected chi connectivity index (χ3v) is 3.28. The minimum absolute atomic E-state index is 0.0727. The molecule has 0 aliphatic rings. The summed E-state index contributed by atoms with van der Waals surface area (Å²) in [7, 11) is 0. The first-order valence-corrected chi connectivity index (χ1v) is 5.83. The summed E-state index contributed by atoms with van der Waals surface area (Å²) in [4.78, 5) is 4.04. The Morgan fingerprint density at radius 3 is 2.88 bits per heavy atom. The van der Waals surface area contributed by atoms with E-state index in [9.17, 15) is 0 Å². The SMILES string of the molecule is C=C(CO)c1ccc(Br)c2cnc(Cl)cc12. The van der Waals surface area contributed by atoms with Gasteiger partial charge in [0.25, 0.3) is 0 Å². The quantitative estimate of drug-likeness (QED) is 0.858. The van der Waals surface area contributed by atoms with Crippen LogP contribution in [0.4, 0.5) is 0 Å². The lowest BCUT2D eigenvalue weighted by Gasteiger charge is -2.09. The number of hydrogen-bond donors (Lipinski definition) is 1. The van der Waals surface area contributed by atoms with Crippen molar-refractivity contribution >= 4 is 43.9 Å². The van der Waals surface area contributed by atoms with Gasteiger partial charge in [-0.05, 0) is 28.7 Å². The lowest BCUT2D eigenvalue weighted by molar-refractivity contribution is 0.350. The van der Waals surface area contributed by atoms with Gasteiger partial charge in [0, 0.05) is 16.1 Å². The van der Waals surface area contributed by atoms with Gasteiger partial charge >= 0.3 is 0 Å². The van der Waals surface area contributed by atoms with Crippen LogP contribution >= 0.6 is 27.5 Å². The molecule has 0 spiro atoms. The molecule has 2 nitrogen and oxygen atoms in total. The van der Waals surface area contributed by atoms with Gasteiger partial charge in [-0.1, -0.05) is 40.2 Å². The fraction of sp³-hybridized carbons (Fsp3) is 0.0833. The smallest absolute Gasteiger partial charge is 0.129 e. The molecule has 0 aliphatic carbocycles. The van der Waals surface area contributed by atoms with E-state index in [0.717, 1.165) is 20.8 Å². The van der Waals surface area contributed by atoms with Crippen molar-refractivity contribution in [1.29, 1.82) is 0 Å². The number of nitrogens with zero attached hydrogens (tertiary/aromatic N) is 1. The summed E-state index contributed by atoms with van der Waals surface area (Å²) >= 11 is 9.32. The van der Waals surface area contributed by atoms with Crippen molar-refractivity contribution in [3.05, 3.63) is 46.2 Å². The highest BCUT2D eigenvalue weighted by Gasteiger charge is 2.07. The highest BCUT2D eigenvalue weighted by molar-refractivity contribution is 9.10. The number of fused-ring (bicyclic) bond motifs is 1. The van der Waals surface area contributed by atoms with Crippen molar-refractivity contribution in [3.63, 3.8) is 0 Å². The molecule has 0 bridgehead atoms. The molecule has 2 rings (SSSR count). The molecule has 0 atom stereocenters. The van der Waals surface area contributed by atoms with E-state index in [1.807, 2.05) is 12.1 Å². The summed E-state index contributed by atoms with van der Waals surface area (Å²) in [6.07, 6.45) is 1.70. The minimum Gasteiger partial charge on any atom is -0.392 e. The second kappa shape index (κ2) is 4.53. The Morgan fingerprint density at radius 2 is 2.19 bits per heavy atom. The zero-order valence-corrected chi connectivity index (χ0v) is 10.7. The number of benzene rings is 1. The average Bonchev–Trinajstić information content (AvgIpc) is 2.28. The van der Waals surface area contributed by atoms with Crippen LogP contribution in [-0.2, 0) is 0 Å².